The number of hydrogen-bond donors (Lipinski definition) is 3. The van der Waals surface area contributed by atoms with Gasteiger partial charge >= 0.3 is 23.9 Å². The molecule has 1 saturated carbocycles. The van der Waals surface area contributed by atoms with E-state index in [2.05, 4.69) is 9.99 Å². The van der Waals surface area contributed by atoms with E-state index in [9.17, 15) is 33.9 Å². The third-order valence-electron chi connectivity index (χ3n) is 6.54. The molecule has 2 aromatic rings. The molecule has 0 bridgehead atoms. The molecule has 3 N–H and O–H groups in total. The lowest BCUT2D eigenvalue weighted by molar-refractivity contribution is -0.153. The highest BCUT2D eigenvalue weighted by Crippen LogP contribution is 2.33. The summed E-state index contributed by atoms with van der Waals surface area (Å²) in [5.74, 6) is -6.39. The summed E-state index contributed by atoms with van der Waals surface area (Å²) in [6.07, 6.45) is 2.26. The molecule has 1 aromatic carbocycles. The Morgan fingerprint density at radius 3 is 2.25 bits per heavy atom. The van der Waals surface area contributed by atoms with Crippen molar-refractivity contribution in [3.05, 3.63) is 35.5 Å². The Balaban J connectivity index is 1.96. The number of carbonyl (C=O) groups excluding carboxylic acids is 4. The molecule has 0 aliphatic heterocycles. The summed E-state index contributed by atoms with van der Waals surface area (Å²) in [5.41, 5.74) is -0.998. The second-order valence-corrected chi connectivity index (χ2v) is 9.42. The second kappa shape index (κ2) is 13.1. The molecule has 0 saturated heterocycles. The summed E-state index contributed by atoms with van der Waals surface area (Å²) >= 11 is 0. The van der Waals surface area contributed by atoms with Gasteiger partial charge in [-0.05, 0) is 38.0 Å². The van der Waals surface area contributed by atoms with E-state index in [1.54, 1.807) is 16.7 Å². The van der Waals surface area contributed by atoms with Crippen molar-refractivity contribution < 1.29 is 53.7 Å². The number of aryl methyl sites for hydroxylation is 1. The van der Waals surface area contributed by atoms with Crippen molar-refractivity contribution in [3.8, 4) is 0 Å². The summed E-state index contributed by atoms with van der Waals surface area (Å²) < 4.78 is 6.56. The lowest BCUT2D eigenvalue weighted by atomic mass is 9.79. The molecule has 0 spiro atoms. The van der Waals surface area contributed by atoms with Gasteiger partial charge in [-0.3, -0.25) is 24.0 Å². The van der Waals surface area contributed by atoms with Gasteiger partial charge in [0.1, 0.15) is 24.2 Å². The number of Topliss-reactive ketones (excluding diaryl/α,β-unsaturated/α-hetero) is 2. The average Bonchev–Trinajstić information content (AvgIpc) is 3.27. The standard InChI is InChI=1S/C27H30N2O11/c1-2-29-15-18(17-12-16(6-7-20(17)29)26(37)27(38)9-4-3-5-10-27)25(36)19(28-40-24(35)14-22(32)33)8-11-39-23(34)13-21(30)31/h6-7,12,15,38H,2-5,8-11,13-14H2,1H3,(H,30,31)(H,32,33)/b28-19+. The normalized spacial score (nSPS) is 14.9. The molecule has 0 amide bonds. The number of rotatable bonds is 13. The van der Waals surface area contributed by atoms with E-state index in [4.69, 9.17) is 14.9 Å². The van der Waals surface area contributed by atoms with Crippen LogP contribution in [0.4, 0.5) is 0 Å². The van der Waals surface area contributed by atoms with Crippen LogP contribution in [-0.4, -0.2) is 73.3 Å². The van der Waals surface area contributed by atoms with Crippen molar-refractivity contribution in [2.45, 2.75) is 70.4 Å². The highest BCUT2D eigenvalue weighted by molar-refractivity contribution is 6.48. The quantitative estimate of drug-likeness (QED) is 0.0815. The first-order valence-corrected chi connectivity index (χ1v) is 12.8. The molecule has 1 aromatic heterocycles. The molecule has 3 rings (SSSR count). The minimum absolute atomic E-state index is 0.0760. The molecule has 0 unspecified atom stereocenters. The fraction of sp³-hybridized carbons (Fsp3) is 0.444. The van der Waals surface area contributed by atoms with Gasteiger partial charge < -0.3 is 29.5 Å². The van der Waals surface area contributed by atoms with E-state index < -0.39 is 66.2 Å². The number of carboxylic acid groups (broad SMARTS) is 2. The van der Waals surface area contributed by atoms with Crippen LogP contribution in [0.15, 0.2) is 29.6 Å². The number of aliphatic carboxylic acids is 2. The minimum Gasteiger partial charge on any atom is -0.481 e. The van der Waals surface area contributed by atoms with E-state index >= 15 is 0 Å². The SMILES string of the molecule is CCn1cc(C(=O)/C(CCOC(=O)CC(=O)O)=N/OC(=O)CC(=O)O)c2cc(C(=O)C3(O)CCCCC3)ccc21. The number of fused-ring (bicyclic) bond motifs is 1. The van der Waals surface area contributed by atoms with E-state index in [-0.39, 0.29) is 17.5 Å². The molecule has 0 radical (unpaired) electrons. The smallest absolute Gasteiger partial charge is 0.346 e. The van der Waals surface area contributed by atoms with Gasteiger partial charge in [-0.2, -0.15) is 0 Å². The number of esters is 1. The number of hydrogen-bond acceptors (Lipinski definition) is 10. The topological polar surface area (TPSA) is 199 Å². The fourth-order valence-electron chi connectivity index (χ4n) is 4.57. The van der Waals surface area contributed by atoms with Crippen molar-refractivity contribution in [3.63, 3.8) is 0 Å². The van der Waals surface area contributed by atoms with E-state index in [0.29, 0.717) is 30.3 Å². The zero-order valence-electron chi connectivity index (χ0n) is 21.9. The Hall–Kier alpha value is -4.39. The number of ether oxygens (including phenoxy) is 1. The largest absolute Gasteiger partial charge is 0.481 e. The van der Waals surface area contributed by atoms with Gasteiger partial charge in [0.05, 0.1) is 6.61 Å². The Kier molecular flexibility index (Phi) is 9.88. The number of carboxylic acids is 2. The predicted molar refractivity (Wildman–Crippen MR) is 138 cm³/mol. The summed E-state index contributed by atoms with van der Waals surface area (Å²) in [5, 5.41) is 32.3. The van der Waals surface area contributed by atoms with E-state index in [1.807, 2.05) is 6.92 Å². The number of oxime groups is 1. The summed E-state index contributed by atoms with van der Waals surface area (Å²) in [4.78, 5) is 76.3. The van der Waals surface area contributed by atoms with Crippen LogP contribution >= 0.6 is 0 Å². The summed E-state index contributed by atoms with van der Waals surface area (Å²) in [6.45, 7) is 1.81. The maximum atomic E-state index is 13.6. The molecule has 13 heteroatoms. The predicted octanol–water partition coefficient (Wildman–Crippen LogP) is 2.50. The third kappa shape index (κ3) is 7.38. The van der Waals surface area contributed by atoms with Crippen LogP contribution in [0.2, 0.25) is 0 Å². The van der Waals surface area contributed by atoms with Crippen molar-refractivity contribution in [2.24, 2.45) is 5.16 Å². The van der Waals surface area contributed by atoms with Crippen LogP contribution in [-0.2, 0) is 35.3 Å². The van der Waals surface area contributed by atoms with Crippen molar-refractivity contribution in [2.75, 3.05) is 6.61 Å². The Bertz CT molecular complexity index is 1370. The number of ketones is 2. The fourth-order valence-corrected chi connectivity index (χ4v) is 4.57. The molecule has 1 aliphatic rings. The van der Waals surface area contributed by atoms with Gasteiger partial charge in [0.2, 0.25) is 5.78 Å². The maximum Gasteiger partial charge on any atom is 0.346 e. The first kappa shape index (κ1) is 30.2. The second-order valence-electron chi connectivity index (χ2n) is 9.42. The lowest BCUT2D eigenvalue weighted by Gasteiger charge is -2.30. The third-order valence-corrected chi connectivity index (χ3v) is 6.54. The van der Waals surface area contributed by atoms with Crippen LogP contribution in [0.25, 0.3) is 10.9 Å². The number of aliphatic hydroxyl groups is 1. The molecule has 214 valence electrons. The lowest BCUT2D eigenvalue weighted by Crippen LogP contribution is -2.40. The van der Waals surface area contributed by atoms with Gasteiger partial charge in [0, 0.05) is 41.2 Å². The van der Waals surface area contributed by atoms with Crippen molar-refractivity contribution in [1.29, 1.82) is 0 Å². The Morgan fingerprint density at radius 2 is 1.62 bits per heavy atom. The molecule has 40 heavy (non-hydrogen) atoms. The van der Waals surface area contributed by atoms with E-state index in [0.717, 1.165) is 19.3 Å². The van der Waals surface area contributed by atoms with Crippen LogP contribution in [0.3, 0.4) is 0 Å². The molecule has 1 fully saturated rings. The van der Waals surface area contributed by atoms with Gasteiger partial charge in [0.25, 0.3) is 0 Å². The Morgan fingerprint density at radius 1 is 0.975 bits per heavy atom. The molecule has 0 atom stereocenters. The highest BCUT2D eigenvalue weighted by Gasteiger charge is 2.37. The maximum absolute atomic E-state index is 13.6. The number of aromatic nitrogens is 1. The van der Waals surface area contributed by atoms with Crippen LogP contribution in [0.1, 0.15) is 79.0 Å². The molecule has 13 nitrogen and oxygen atoms in total. The Labute approximate surface area is 228 Å². The first-order valence-electron chi connectivity index (χ1n) is 12.8. The van der Waals surface area contributed by atoms with Crippen LogP contribution in [0.5, 0.6) is 0 Å². The summed E-state index contributed by atoms with van der Waals surface area (Å²) in [7, 11) is 0. The van der Waals surface area contributed by atoms with Crippen molar-refractivity contribution >= 4 is 52.1 Å². The highest BCUT2D eigenvalue weighted by atomic mass is 16.7. The average molecular weight is 559 g/mol. The van der Waals surface area contributed by atoms with Crippen LogP contribution < -0.4 is 0 Å². The number of benzene rings is 1. The van der Waals surface area contributed by atoms with Gasteiger partial charge in [-0.15, -0.1) is 0 Å². The van der Waals surface area contributed by atoms with Gasteiger partial charge in [-0.1, -0.05) is 24.4 Å². The van der Waals surface area contributed by atoms with Gasteiger partial charge in [-0.25, -0.2) is 4.79 Å². The number of carbonyl (C=O) groups is 6. The van der Waals surface area contributed by atoms with Gasteiger partial charge in [0.15, 0.2) is 5.78 Å². The molecular formula is C27H30N2O11. The summed E-state index contributed by atoms with van der Waals surface area (Å²) in [6, 6.07) is 4.75. The minimum atomic E-state index is -1.49. The van der Waals surface area contributed by atoms with Crippen molar-refractivity contribution in [1.82, 2.24) is 4.57 Å². The monoisotopic (exact) mass is 558 g/mol. The zero-order chi connectivity index (χ0) is 29.4. The molecule has 1 aliphatic carbocycles. The van der Waals surface area contributed by atoms with Crippen LogP contribution in [0, 0.1) is 0 Å². The molecule has 1 heterocycles. The zero-order valence-corrected chi connectivity index (χ0v) is 21.9. The molecular weight excluding hydrogens is 528 g/mol. The number of nitrogens with zero attached hydrogens (tertiary/aromatic N) is 2. The first-order chi connectivity index (χ1) is 18.9. The van der Waals surface area contributed by atoms with E-state index in [1.165, 1.54) is 12.3 Å².